The largest absolute Gasteiger partial charge is 0.309 e. The lowest BCUT2D eigenvalue weighted by Crippen LogP contribution is -2.22. The van der Waals surface area contributed by atoms with E-state index in [-0.39, 0.29) is 5.41 Å². The number of fused-ring (bicyclic) bond motifs is 12. The number of nitrogens with zero attached hydrogens (tertiary/aromatic N) is 5. The van der Waals surface area contributed by atoms with Gasteiger partial charge in [0, 0.05) is 73.3 Å². The van der Waals surface area contributed by atoms with Gasteiger partial charge in [-0.2, -0.15) is 9.97 Å². The molecule has 0 saturated carbocycles. The van der Waals surface area contributed by atoms with Crippen LogP contribution >= 0.6 is 22.7 Å². The molecule has 7 heteroatoms. The molecule has 0 unspecified atom stereocenters. The molecule has 0 fully saturated rings. The van der Waals surface area contributed by atoms with Crippen molar-refractivity contribution in [1.82, 2.24) is 19.5 Å². The lowest BCUT2D eigenvalue weighted by atomic mass is 9.81. The first-order chi connectivity index (χ1) is 33.0. The van der Waals surface area contributed by atoms with Gasteiger partial charge < -0.3 is 4.57 Å². The number of anilines is 3. The van der Waals surface area contributed by atoms with Gasteiger partial charge in [-0.1, -0.05) is 141 Å². The summed E-state index contributed by atoms with van der Waals surface area (Å²) in [6.45, 7) is 4.71. The van der Waals surface area contributed by atoms with E-state index >= 15 is 0 Å². The van der Waals surface area contributed by atoms with Crippen LogP contribution in [0.3, 0.4) is 0 Å². The molecule has 0 aliphatic heterocycles. The summed E-state index contributed by atoms with van der Waals surface area (Å²) in [5.74, 6) is 1.76. The smallest absolute Gasteiger partial charge is 0.238 e. The molecule has 0 saturated heterocycles. The van der Waals surface area contributed by atoms with Gasteiger partial charge >= 0.3 is 0 Å². The van der Waals surface area contributed by atoms with Crippen molar-refractivity contribution >= 4 is 102 Å². The Balaban J connectivity index is 1.12. The van der Waals surface area contributed by atoms with Crippen LogP contribution in [0.25, 0.3) is 102 Å². The Kier molecular flexibility index (Phi) is 8.30. The van der Waals surface area contributed by atoms with Crippen LogP contribution in [0.5, 0.6) is 0 Å². The molecule has 0 bridgehead atoms. The molecular formula is C60H39N5S2. The van der Waals surface area contributed by atoms with Crippen molar-refractivity contribution in [2.75, 3.05) is 4.90 Å². The Morgan fingerprint density at radius 1 is 0.448 bits per heavy atom. The fourth-order valence-corrected chi connectivity index (χ4v) is 13.1. The van der Waals surface area contributed by atoms with Gasteiger partial charge in [0.25, 0.3) is 0 Å². The van der Waals surface area contributed by atoms with Crippen LogP contribution in [0.4, 0.5) is 17.3 Å². The van der Waals surface area contributed by atoms with Crippen molar-refractivity contribution in [3.05, 3.63) is 211 Å². The minimum absolute atomic E-state index is 0.322. The first kappa shape index (κ1) is 38.3. The highest BCUT2D eigenvalue weighted by molar-refractivity contribution is 7.26. The highest BCUT2D eigenvalue weighted by Crippen LogP contribution is 2.55. The Bertz CT molecular complexity index is 4160. The molecule has 14 rings (SSSR count). The van der Waals surface area contributed by atoms with E-state index in [1.54, 1.807) is 0 Å². The van der Waals surface area contributed by atoms with Gasteiger partial charge in [0.05, 0.1) is 22.4 Å². The summed E-state index contributed by atoms with van der Waals surface area (Å²) in [5, 5.41) is 7.12. The number of rotatable bonds is 6. The normalized spacial score (nSPS) is 13.0. The van der Waals surface area contributed by atoms with E-state index in [2.05, 4.69) is 224 Å². The van der Waals surface area contributed by atoms with Gasteiger partial charge in [-0.25, -0.2) is 4.98 Å². The van der Waals surface area contributed by atoms with E-state index in [1.807, 2.05) is 22.7 Å². The molecule has 0 spiro atoms. The maximum atomic E-state index is 5.73. The number of hydrogen-bond donors (Lipinski definition) is 0. The molecule has 4 heterocycles. The summed E-state index contributed by atoms with van der Waals surface area (Å²) in [6.07, 6.45) is 0. The minimum atomic E-state index is -0.322. The van der Waals surface area contributed by atoms with Crippen LogP contribution in [-0.4, -0.2) is 19.5 Å². The molecule has 1 aliphatic carbocycles. The summed E-state index contributed by atoms with van der Waals surface area (Å²) in [6, 6.07) is 72.2. The Morgan fingerprint density at radius 3 is 1.94 bits per heavy atom. The molecule has 316 valence electrons. The first-order valence-corrected chi connectivity index (χ1v) is 24.3. The summed E-state index contributed by atoms with van der Waals surface area (Å²) in [7, 11) is 0. The van der Waals surface area contributed by atoms with Gasteiger partial charge in [0.2, 0.25) is 5.95 Å². The molecule has 0 N–H and O–H groups in total. The Hall–Kier alpha value is -7.97. The van der Waals surface area contributed by atoms with Crippen molar-refractivity contribution in [2.45, 2.75) is 19.3 Å². The van der Waals surface area contributed by atoms with Crippen LogP contribution in [0.2, 0.25) is 0 Å². The third-order valence-corrected chi connectivity index (χ3v) is 16.1. The molecule has 5 nitrogen and oxygen atoms in total. The SMILES string of the molecule is CC1(C)c2ccccc2-c2cccc(N(c3nc(-c4ccc5sc6ccccc6c5c4)nc(-c4cccc5c6ccccc6n(-c6ccccc6)c45)n3)c3cccc4sc5ccccc5c34)c21. The molecule has 0 atom stereocenters. The van der Waals surface area contributed by atoms with Gasteiger partial charge in [0.1, 0.15) is 0 Å². The summed E-state index contributed by atoms with van der Waals surface area (Å²) in [4.78, 5) is 19.3. The van der Waals surface area contributed by atoms with Gasteiger partial charge in [-0.3, -0.25) is 4.90 Å². The van der Waals surface area contributed by atoms with Crippen molar-refractivity contribution in [3.8, 4) is 39.6 Å². The zero-order valence-corrected chi connectivity index (χ0v) is 38.2. The molecule has 9 aromatic carbocycles. The van der Waals surface area contributed by atoms with Gasteiger partial charge in [-0.15, -0.1) is 22.7 Å². The monoisotopic (exact) mass is 893 g/mol. The van der Waals surface area contributed by atoms with Crippen molar-refractivity contribution in [2.24, 2.45) is 0 Å². The van der Waals surface area contributed by atoms with Crippen LogP contribution in [0, 0.1) is 0 Å². The lowest BCUT2D eigenvalue weighted by Gasteiger charge is -2.31. The lowest BCUT2D eigenvalue weighted by molar-refractivity contribution is 0.660. The molecule has 0 amide bonds. The van der Waals surface area contributed by atoms with E-state index in [1.165, 1.54) is 68.0 Å². The number of hydrogen-bond acceptors (Lipinski definition) is 6. The molecule has 0 radical (unpaired) electrons. The Labute approximate surface area is 394 Å². The standard InChI is InChI=1S/C60H39N5S2/c1-60(2)46-26-10-6-19-38(46)41-23-15-29-49(55(41)60)65(48-28-16-32-53-54(48)43-22-9-13-31-51(43)67-53)59-62-57(36-33-34-52-45(35-36)40-21-8-12-30-50(40)66-52)61-58(63-59)44-25-14-24-42-39-20-7-11-27-47(39)64(56(42)44)37-17-4-3-5-18-37/h3-35H,1-2H3. The first-order valence-electron chi connectivity index (χ1n) is 22.7. The second kappa shape index (κ2) is 14.5. The van der Waals surface area contributed by atoms with Crippen molar-refractivity contribution in [3.63, 3.8) is 0 Å². The second-order valence-corrected chi connectivity index (χ2v) is 20.1. The number of thiophene rings is 2. The zero-order valence-electron chi connectivity index (χ0n) is 36.6. The number of benzene rings is 9. The van der Waals surface area contributed by atoms with E-state index in [9.17, 15) is 0 Å². The van der Waals surface area contributed by atoms with Crippen LogP contribution in [0.15, 0.2) is 200 Å². The summed E-state index contributed by atoms with van der Waals surface area (Å²) in [5.41, 5.74) is 11.9. The fourth-order valence-electron chi connectivity index (χ4n) is 10.9. The average molecular weight is 894 g/mol. The molecule has 13 aromatic rings. The number of para-hydroxylation sites is 3. The second-order valence-electron chi connectivity index (χ2n) is 17.9. The third kappa shape index (κ3) is 5.68. The van der Waals surface area contributed by atoms with Crippen LogP contribution in [0.1, 0.15) is 25.0 Å². The van der Waals surface area contributed by atoms with Crippen molar-refractivity contribution in [1.29, 1.82) is 0 Å². The molecule has 4 aromatic heterocycles. The van der Waals surface area contributed by atoms with E-state index in [0.717, 1.165) is 44.6 Å². The third-order valence-electron chi connectivity index (χ3n) is 13.8. The summed E-state index contributed by atoms with van der Waals surface area (Å²) >= 11 is 3.64. The molecule has 1 aliphatic rings. The summed E-state index contributed by atoms with van der Waals surface area (Å²) < 4.78 is 7.31. The van der Waals surface area contributed by atoms with E-state index in [0.29, 0.717) is 17.6 Å². The predicted molar refractivity (Wildman–Crippen MR) is 283 cm³/mol. The number of aromatic nitrogens is 4. The van der Waals surface area contributed by atoms with Gasteiger partial charge in [0.15, 0.2) is 11.6 Å². The highest BCUT2D eigenvalue weighted by Gasteiger charge is 2.39. The van der Waals surface area contributed by atoms with E-state index in [4.69, 9.17) is 15.0 Å². The maximum Gasteiger partial charge on any atom is 0.238 e. The van der Waals surface area contributed by atoms with Gasteiger partial charge in [-0.05, 0) is 95.1 Å². The topological polar surface area (TPSA) is 46.8 Å². The molecular weight excluding hydrogens is 855 g/mol. The van der Waals surface area contributed by atoms with E-state index < -0.39 is 0 Å². The quantitative estimate of drug-likeness (QED) is 0.167. The average Bonchev–Trinajstić information content (AvgIpc) is 4.11. The zero-order chi connectivity index (χ0) is 44.4. The predicted octanol–water partition coefficient (Wildman–Crippen LogP) is 16.8. The molecule has 67 heavy (non-hydrogen) atoms. The maximum absolute atomic E-state index is 5.73. The minimum Gasteiger partial charge on any atom is -0.309 e. The fraction of sp³-hybridized carbons (Fsp3) is 0.0500. The van der Waals surface area contributed by atoms with Crippen LogP contribution in [-0.2, 0) is 5.41 Å². The highest BCUT2D eigenvalue weighted by atomic mass is 32.1. The Morgan fingerprint density at radius 2 is 1.06 bits per heavy atom. The van der Waals surface area contributed by atoms with Crippen molar-refractivity contribution < 1.29 is 0 Å². The van der Waals surface area contributed by atoms with Crippen LogP contribution < -0.4 is 4.90 Å².